The molecule has 0 amide bonds. The van der Waals surface area contributed by atoms with E-state index in [2.05, 4.69) is 25.3 Å². The number of nitrogens with zero attached hydrogens (tertiary/aromatic N) is 4. The Labute approximate surface area is 252 Å². The zero-order valence-electron chi connectivity index (χ0n) is 24.8. The molecular weight excluding hydrogens is 532 g/mol. The molecule has 6 nitrogen and oxygen atoms in total. The maximum atomic E-state index is 13.9. The van der Waals surface area contributed by atoms with E-state index in [9.17, 15) is 20.1 Å². The van der Waals surface area contributed by atoms with E-state index in [1.807, 2.05) is 73.8 Å². The molecule has 0 bridgehead atoms. The van der Waals surface area contributed by atoms with Gasteiger partial charge in [0.15, 0.2) is 11.7 Å². The number of allylic oxidation sites excluding steroid dienone is 5. The van der Waals surface area contributed by atoms with E-state index >= 15 is 0 Å². The van der Waals surface area contributed by atoms with E-state index < -0.39 is 0 Å². The summed E-state index contributed by atoms with van der Waals surface area (Å²) in [6, 6.07) is 21.1. The van der Waals surface area contributed by atoms with E-state index in [0.29, 0.717) is 50.1 Å². The van der Waals surface area contributed by atoms with Crippen LogP contribution in [0.1, 0.15) is 46.1 Å². The standard InChI is InChI=1S/C37H32N4O2/c1-7-9-12-27(22-39)18-25(4)36-30(8-2)37(43)32-20-33(29(23-42)19-34(32)41(36)6)40(5)35-24(3)11-10-13-31(35)28-16-14-26(21-38)15-17-28/h7-17,19-20,23H,2,4,18H2,1,3,5-6H3/b9-7-,27-12+. The van der Waals surface area contributed by atoms with Gasteiger partial charge in [0.2, 0.25) is 0 Å². The number of carbonyl (C=O) groups is 1. The number of anilines is 2. The van der Waals surface area contributed by atoms with Crippen molar-refractivity contribution in [1.82, 2.24) is 4.57 Å². The third kappa shape index (κ3) is 5.73. The molecular formula is C37H32N4O2. The van der Waals surface area contributed by atoms with Gasteiger partial charge in [-0.3, -0.25) is 9.59 Å². The minimum absolute atomic E-state index is 0.237. The normalized spacial score (nSPS) is 11.3. The van der Waals surface area contributed by atoms with Crippen LogP contribution in [-0.2, 0) is 7.05 Å². The van der Waals surface area contributed by atoms with Gasteiger partial charge in [-0.05, 0) is 60.9 Å². The summed E-state index contributed by atoms with van der Waals surface area (Å²) in [5.74, 6) is 0. The molecule has 0 unspecified atom stereocenters. The minimum Gasteiger partial charge on any atom is -0.343 e. The topological polar surface area (TPSA) is 89.9 Å². The van der Waals surface area contributed by atoms with Crippen LogP contribution in [0.15, 0.2) is 96.4 Å². The Morgan fingerprint density at radius 2 is 1.84 bits per heavy atom. The molecule has 0 saturated carbocycles. The van der Waals surface area contributed by atoms with Crippen molar-refractivity contribution >= 4 is 40.2 Å². The molecule has 1 aromatic heterocycles. The lowest BCUT2D eigenvalue weighted by Crippen LogP contribution is -2.19. The smallest absolute Gasteiger partial charge is 0.197 e. The number of rotatable bonds is 9. The fourth-order valence-corrected chi connectivity index (χ4v) is 5.45. The molecule has 0 radical (unpaired) electrons. The first-order valence-electron chi connectivity index (χ1n) is 13.7. The highest BCUT2D eigenvalue weighted by atomic mass is 16.1. The first-order valence-corrected chi connectivity index (χ1v) is 13.7. The van der Waals surface area contributed by atoms with Crippen LogP contribution in [0.2, 0.25) is 0 Å². The van der Waals surface area contributed by atoms with Gasteiger partial charge in [0.1, 0.15) is 0 Å². The molecule has 6 heteroatoms. The van der Waals surface area contributed by atoms with E-state index in [4.69, 9.17) is 0 Å². The van der Waals surface area contributed by atoms with E-state index in [-0.39, 0.29) is 11.8 Å². The average Bonchev–Trinajstić information content (AvgIpc) is 3.03. The van der Waals surface area contributed by atoms with Gasteiger partial charge in [-0.15, -0.1) is 0 Å². The summed E-state index contributed by atoms with van der Waals surface area (Å²) in [5.41, 5.74) is 7.63. The quantitative estimate of drug-likeness (QED) is 0.117. The molecule has 212 valence electrons. The predicted molar refractivity (Wildman–Crippen MR) is 176 cm³/mol. The predicted octanol–water partition coefficient (Wildman–Crippen LogP) is 8.04. The molecule has 0 fully saturated rings. The number of aldehydes is 1. The van der Waals surface area contributed by atoms with E-state index in [1.54, 1.807) is 36.4 Å². The van der Waals surface area contributed by atoms with Crippen LogP contribution in [0.25, 0.3) is 33.7 Å². The molecule has 0 spiro atoms. The highest BCUT2D eigenvalue weighted by Crippen LogP contribution is 2.39. The van der Waals surface area contributed by atoms with Crippen LogP contribution in [-0.4, -0.2) is 17.9 Å². The van der Waals surface area contributed by atoms with Gasteiger partial charge in [-0.25, -0.2) is 0 Å². The third-order valence-corrected chi connectivity index (χ3v) is 7.55. The molecule has 1 heterocycles. The van der Waals surface area contributed by atoms with Crippen LogP contribution in [0.5, 0.6) is 0 Å². The number of para-hydroxylation sites is 1. The Bertz CT molecular complexity index is 1980. The lowest BCUT2D eigenvalue weighted by Gasteiger charge is -2.27. The fraction of sp³-hybridized carbons (Fsp3) is 0.135. The molecule has 43 heavy (non-hydrogen) atoms. The van der Waals surface area contributed by atoms with E-state index in [1.165, 1.54) is 6.08 Å². The maximum Gasteiger partial charge on any atom is 0.197 e. The second-order valence-electron chi connectivity index (χ2n) is 10.2. The maximum absolute atomic E-state index is 13.9. The first-order chi connectivity index (χ1) is 20.7. The molecule has 0 aliphatic rings. The van der Waals surface area contributed by atoms with Crippen LogP contribution >= 0.6 is 0 Å². The van der Waals surface area contributed by atoms with Crippen molar-refractivity contribution in [3.63, 3.8) is 0 Å². The Hall–Kier alpha value is -5.72. The summed E-state index contributed by atoms with van der Waals surface area (Å²) in [6.45, 7) is 12.0. The second kappa shape index (κ2) is 12.9. The molecule has 0 saturated heterocycles. The largest absolute Gasteiger partial charge is 0.343 e. The molecule has 0 atom stereocenters. The first kappa shape index (κ1) is 30.2. The lowest BCUT2D eigenvalue weighted by molar-refractivity contribution is 0.112. The molecule has 0 aliphatic carbocycles. The molecule has 0 N–H and O–H groups in total. The van der Waals surface area contributed by atoms with Crippen LogP contribution in [0.4, 0.5) is 11.4 Å². The number of pyridine rings is 1. The summed E-state index contributed by atoms with van der Waals surface area (Å²) in [6.07, 6.45) is 7.91. The Morgan fingerprint density at radius 3 is 2.44 bits per heavy atom. The number of benzene rings is 3. The van der Waals surface area contributed by atoms with Crippen molar-refractivity contribution in [2.24, 2.45) is 7.05 Å². The molecule has 3 aromatic carbocycles. The monoisotopic (exact) mass is 564 g/mol. The number of fused-ring (bicyclic) bond motifs is 1. The van der Waals surface area contributed by atoms with Gasteiger partial charge in [0.05, 0.1) is 40.3 Å². The van der Waals surface area contributed by atoms with Gasteiger partial charge in [-0.2, -0.15) is 10.5 Å². The number of aryl methyl sites for hydroxylation is 2. The Kier molecular flexibility index (Phi) is 9.04. The SMILES string of the molecule is C=Cc1c(C(=C)C/C(C#N)=C\C=C/C)n(C)c2cc(C=O)c(N(C)c3c(C)cccc3-c3ccc(C#N)cc3)cc2c1=O. The highest BCUT2D eigenvalue weighted by molar-refractivity contribution is 5.99. The van der Waals surface area contributed by atoms with Crippen molar-refractivity contribution in [2.45, 2.75) is 20.3 Å². The number of hydrogen-bond acceptors (Lipinski definition) is 5. The summed E-state index contributed by atoms with van der Waals surface area (Å²) < 4.78 is 1.84. The Balaban J connectivity index is 1.93. The van der Waals surface area contributed by atoms with Crippen molar-refractivity contribution < 1.29 is 4.79 Å². The van der Waals surface area contributed by atoms with Gasteiger partial charge in [0, 0.05) is 48.2 Å². The highest BCUT2D eigenvalue weighted by Gasteiger charge is 2.21. The summed E-state index contributed by atoms with van der Waals surface area (Å²) in [4.78, 5) is 28.4. The average molecular weight is 565 g/mol. The zero-order valence-corrected chi connectivity index (χ0v) is 24.8. The van der Waals surface area contributed by atoms with Crippen molar-refractivity contribution in [2.75, 3.05) is 11.9 Å². The summed E-state index contributed by atoms with van der Waals surface area (Å²) >= 11 is 0. The van der Waals surface area contributed by atoms with E-state index in [0.717, 1.165) is 28.7 Å². The summed E-state index contributed by atoms with van der Waals surface area (Å²) in [5, 5.41) is 19.3. The second-order valence-corrected chi connectivity index (χ2v) is 10.2. The number of aromatic nitrogens is 1. The molecule has 4 aromatic rings. The molecule has 0 aliphatic heterocycles. The fourth-order valence-electron chi connectivity index (χ4n) is 5.45. The summed E-state index contributed by atoms with van der Waals surface area (Å²) in [7, 11) is 3.69. The number of nitriles is 2. The van der Waals surface area contributed by atoms with Crippen molar-refractivity contribution in [3.05, 3.63) is 130 Å². The van der Waals surface area contributed by atoms with Crippen molar-refractivity contribution in [1.29, 1.82) is 10.5 Å². The lowest BCUT2D eigenvalue weighted by atomic mass is 9.96. The van der Waals surface area contributed by atoms with Crippen LogP contribution in [0, 0.1) is 29.6 Å². The molecule has 4 rings (SSSR count). The third-order valence-electron chi connectivity index (χ3n) is 7.55. The number of carbonyl (C=O) groups excluding carboxylic acids is 1. The number of hydrogen-bond donors (Lipinski definition) is 0. The van der Waals surface area contributed by atoms with Gasteiger partial charge in [-0.1, -0.05) is 61.7 Å². The van der Waals surface area contributed by atoms with Crippen LogP contribution < -0.4 is 10.3 Å². The Morgan fingerprint density at radius 1 is 1.12 bits per heavy atom. The van der Waals surface area contributed by atoms with Crippen molar-refractivity contribution in [3.8, 4) is 23.3 Å². The van der Waals surface area contributed by atoms with Gasteiger partial charge in [0.25, 0.3) is 0 Å². The van der Waals surface area contributed by atoms with Gasteiger partial charge >= 0.3 is 0 Å². The minimum atomic E-state index is -0.237. The van der Waals surface area contributed by atoms with Crippen LogP contribution in [0.3, 0.4) is 0 Å². The van der Waals surface area contributed by atoms with Gasteiger partial charge < -0.3 is 9.47 Å². The zero-order chi connectivity index (χ0) is 31.3.